The van der Waals surface area contributed by atoms with Gasteiger partial charge in [0.05, 0.1) is 4.90 Å². The van der Waals surface area contributed by atoms with E-state index < -0.39 is 32.6 Å². The molecule has 1 N–H and O–H groups in total. The number of carbonyl (C=O) groups is 1. The average molecular weight is 410 g/mol. The number of benzene rings is 2. The maximum Gasteiger partial charge on any atom is 0.415 e. The van der Waals surface area contributed by atoms with Crippen molar-refractivity contribution >= 4 is 16.1 Å². The highest BCUT2D eigenvalue weighted by atomic mass is 32.2. The lowest BCUT2D eigenvalue weighted by Gasteiger charge is -2.31. The Labute approximate surface area is 162 Å². The first-order valence-electron chi connectivity index (χ1n) is 8.81. The Bertz CT molecular complexity index is 910. The molecule has 0 unspecified atom stereocenters. The Balaban J connectivity index is 1.49. The number of likely N-dealkylation sites (tertiary alicyclic amines) is 1. The summed E-state index contributed by atoms with van der Waals surface area (Å²) in [7, 11) is -4.01. The highest BCUT2D eigenvalue weighted by Crippen LogP contribution is 2.20. The van der Waals surface area contributed by atoms with Crippen LogP contribution in [0.5, 0.6) is 5.75 Å². The highest BCUT2D eigenvalue weighted by molar-refractivity contribution is 7.89. The van der Waals surface area contributed by atoms with Crippen molar-refractivity contribution in [1.82, 2.24) is 9.62 Å². The second-order valence-corrected chi connectivity index (χ2v) is 8.34. The molecule has 1 heterocycles. The zero-order valence-corrected chi connectivity index (χ0v) is 15.8. The minimum atomic E-state index is -4.01. The Kier molecular flexibility index (Phi) is 6.25. The van der Waals surface area contributed by atoms with Gasteiger partial charge in [-0.2, -0.15) is 0 Å². The van der Waals surface area contributed by atoms with Crippen LogP contribution in [-0.4, -0.2) is 39.0 Å². The van der Waals surface area contributed by atoms with Gasteiger partial charge in [0.15, 0.2) is 0 Å². The van der Waals surface area contributed by atoms with E-state index >= 15 is 0 Å². The van der Waals surface area contributed by atoms with Crippen LogP contribution in [0.3, 0.4) is 0 Å². The van der Waals surface area contributed by atoms with Gasteiger partial charge in [-0.3, -0.25) is 0 Å². The van der Waals surface area contributed by atoms with Crippen LogP contribution < -0.4 is 9.46 Å². The Morgan fingerprint density at radius 3 is 2.29 bits per heavy atom. The summed E-state index contributed by atoms with van der Waals surface area (Å²) < 4.78 is 58.6. The average Bonchev–Trinajstić information content (AvgIpc) is 2.67. The molecule has 0 saturated carbocycles. The Hall–Kier alpha value is -2.52. The van der Waals surface area contributed by atoms with Crippen molar-refractivity contribution in [2.24, 2.45) is 5.92 Å². The fraction of sp³-hybridized carbons (Fsp3) is 0.316. The Morgan fingerprint density at radius 1 is 1.07 bits per heavy atom. The van der Waals surface area contributed by atoms with Gasteiger partial charge in [0.2, 0.25) is 10.0 Å². The molecule has 0 spiro atoms. The molecule has 0 aliphatic carbocycles. The van der Waals surface area contributed by atoms with Crippen LogP contribution in [0, 0.1) is 17.6 Å². The first kappa shape index (κ1) is 20.2. The standard InChI is InChI=1S/C19H20F2N2O4S/c20-15-10-16(21)12-18(11-15)28(25,26)22-13-14-6-8-23(9-7-14)19(24)27-17-4-2-1-3-5-17/h1-5,10-12,14,22H,6-9,13H2. The number of rotatable bonds is 5. The predicted molar refractivity (Wildman–Crippen MR) is 98.3 cm³/mol. The van der Waals surface area contributed by atoms with E-state index in [4.69, 9.17) is 4.74 Å². The van der Waals surface area contributed by atoms with E-state index in [2.05, 4.69) is 4.72 Å². The van der Waals surface area contributed by atoms with Crippen LogP contribution in [0.2, 0.25) is 0 Å². The lowest BCUT2D eigenvalue weighted by molar-refractivity contribution is 0.131. The zero-order valence-electron chi connectivity index (χ0n) is 15.0. The van der Waals surface area contributed by atoms with Gasteiger partial charge in [-0.1, -0.05) is 18.2 Å². The van der Waals surface area contributed by atoms with Crippen molar-refractivity contribution in [3.63, 3.8) is 0 Å². The van der Waals surface area contributed by atoms with Gasteiger partial charge in [0.25, 0.3) is 0 Å². The Morgan fingerprint density at radius 2 is 1.68 bits per heavy atom. The van der Waals surface area contributed by atoms with Crippen molar-refractivity contribution in [3.8, 4) is 5.75 Å². The monoisotopic (exact) mass is 410 g/mol. The number of halogens is 2. The molecule has 2 aromatic carbocycles. The molecule has 0 bridgehead atoms. The number of carbonyl (C=O) groups excluding carboxylic acids is 1. The molecule has 3 rings (SSSR count). The molecule has 1 aliphatic heterocycles. The van der Waals surface area contributed by atoms with Gasteiger partial charge in [-0.25, -0.2) is 26.7 Å². The summed E-state index contributed by atoms with van der Waals surface area (Å²) in [4.78, 5) is 13.3. The third-order valence-electron chi connectivity index (χ3n) is 4.53. The maximum atomic E-state index is 13.2. The van der Waals surface area contributed by atoms with Gasteiger partial charge in [-0.15, -0.1) is 0 Å². The molecule has 0 radical (unpaired) electrons. The molecule has 1 aliphatic rings. The number of para-hydroxylation sites is 1. The molecule has 0 aromatic heterocycles. The molecule has 1 saturated heterocycles. The fourth-order valence-electron chi connectivity index (χ4n) is 2.97. The number of sulfonamides is 1. The fourth-order valence-corrected chi connectivity index (χ4v) is 4.13. The van der Waals surface area contributed by atoms with Crippen molar-refractivity contribution in [1.29, 1.82) is 0 Å². The van der Waals surface area contributed by atoms with E-state index in [1.54, 1.807) is 29.2 Å². The van der Waals surface area contributed by atoms with E-state index in [1.807, 2.05) is 6.07 Å². The van der Waals surface area contributed by atoms with Crippen LogP contribution in [0.1, 0.15) is 12.8 Å². The topological polar surface area (TPSA) is 75.7 Å². The number of hydrogen-bond donors (Lipinski definition) is 1. The number of nitrogens with zero attached hydrogens (tertiary/aromatic N) is 1. The summed E-state index contributed by atoms with van der Waals surface area (Å²) >= 11 is 0. The van der Waals surface area contributed by atoms with E-state index in [0.717, 1.165) is 12.1 Å². The van der Waals surface area contributed by atoms with E-state index in [1.165, 1.54) is 0 Å². The van der Waals surface area contributed by atoms with Crippen molar-refractivity contribution < 1.29 is 26.7 Å². The number of piperidine rings is 1. The third-order valence-corrected chi connectivity index (χ3v) is 5.93. The SMILES string of the molecule is O=C(Oc1ccccc1)N1CCC(CNS(=O)(=O)c2cc(F)cc(F)c2)CC1. The number of amides is 1. The molecule has 2 aromatic rings. The normalized spacial score (nSPS) is 15.4. The second kappa shape index (κ2) is 8.66. The summed E-state index contributed by atoms with van der Waals surface area (Å²) in [5, 5.41) is 0. The van der Waals surface area contributed by atoms with Crippen LogP contribution in [0.25, 0.3) is 0 Å². The molecular weight excluding hydrogens is 390 g/mol. The van der Waals surface area contributed by atoms with Crippen molar-refractivity contribution in [2.75, 3.05) is 19.6 Å². The van der Waals surface area contributed by atoms with Crippen molar-refractivity contribution in [3.05, 3.63) is 60.2 Å². The van der Waals surface area contributed by atoms with Crippen LogP contribution in [0.4, 0.5) is 13.6 Å². The molecule has 1 fully saturated rings. The van der Waals surface area contributed by atoms with Gasteiger partial charge in [-0.05, 0) is 43.0 Å². The molecule has 6 nitrogen and oxygen atoms in total. The predicted octanol–water partition coefficient (Wildman–Crippen LogP) is 3.15. The molecule has 150 valence electrons. The number of hydrogen-bond acceptors (Lipinski definition) is 4. The van der Waals surface area contributed by atoms with E-state index in [0.29, 0.717) is 37.7 Å². The maximum absolute atomic E-state index is 13.2. The molecule has 1 amide bonds. The molecule has 9 heteroatoms. The molecule has 0 atom stereocenters. The molecular formula is C19H20F2N2O4S. The van der Waals surface area contributed by atoms with Gasteiger partial charge >= 0.3 is 6.09 Å². The third kappa shape index (κ3) is 5.26. The summed E-state index contributed by atoms with van der Waals surface area (Å²) in [6.45, 7) is 1.00. The molecule has 28 heavy (non-hydrogen) atoms. The zero-order chi connectivity index (χ0) is 20.1. The summed E-state index contributed by atoms with van der Waals surface area (Å²) in [6, 6.07) is 10.9. The summed E-state index contributed by atoms with van der Waals surface area (Å²) in [5.41, 5.74) is 0. The van der Waals surface area contributed by atoms with Gasteiger partial charge < -0.3 is 9.64 Å². The minimum Gasteiger partial charge on any atom is -0.410 e. The lowest BCUT2D eigenvalue weighted by atomic mass is 9.97. The first-order valence-corrected chi connectivity index (χ1v) is 10.3. The van der Waals surface area contributed by atoms with Gasteiger partial charge in [0, 0.05) is 25.7 Å². The second-order valence-electron chi connectivity index (χ2n) is 6.57. The lowest BCUT2D eigenvalue weighted by Crippen LogP contribution is -2.42. The van der Waals surface area contributed by atoms with Gasteiger partial charge in [0.1, 0.15) is 17.4 Å². The summed E-state index contributed by atoms with van der Waals surface area (Å²) in [6.07, 6.45) is 0.730. The van der Waals surface area contributed by atoms with Crippen LogP contribution >= 0.6 is 0 Å². The highest BCUT2D eigenvalue weighted by Gasteiger charge is 2.26. The van der Waals surface area contributed by atoms with Crippen LogP contribution in [0.15, 0.2) is 53.4 Å². The number of ether oxygens (including phenoxy) is 1. The first-order chi connectivity index (χ1) is 13.3. The van der Waals surface area contributed by atoms with Crippen LogP contribution in [-0.2, 0) is 10.0 Å². The number of nitrogens with one attached hydrogen (secondary N) is 1. The van der Waals surface area contributed by atoms with E-state index in [-0.39, 0.29) is 12.5 Å². The minimum absolute atomic E-state index is 0.00829. The quantitative estimate of drug-likeness (QED) is 0.822. The van der Waals surface area contributed by atoms with E-state index in [9.17, 15) is 22.0 Å². The smallest absolute Gasteiger partial charge is 0.410 e. The largest absolute Gasteiger partial charge is 0.415 e. The van der Waals surface area contributed by atoms with Crippen molar-refractivity contribution in [2.45, 2.75) is 17.7 Å². The summed E-state index contributed by atoms with van der Waals surface area (Å²) in [5.74, 6) is -1.44.